The number of hydrogen-bond acceptors (Lipinski definition) is 4. The molecular formula is C23H16ClNO3. The van der Waals surface area contributed by atoms with Crippen LogP contribution in [0.1, 0.15) is 21.5 Å². The van der Waals surface area contributed by atoms with E-state index in [2.05, 4.69) is 6.07 Å². The van der Waals surface area contributed by atoms with Gasteiger partial charge in [-0.1, -0.05) is 48.0 Å². The number of halogens is 1. The van der Waals surface area contributed by atoms with Crippen molar-refractivity contribution in [2.24, 2.45) is 0 Å². The lowest BCUT2D eigenvalue weighted by Crippen LogP contribution is -2.09. The molecule has 0 bridgehead atoms. The largest absolute Gasteiger partial charge is 0.493 e. The quantitative estimate of drug-likeness (QED) is 0.245. The molecule has 0 saturated heterocycles. The van der Waals surface area contributed by atoms with Gasteiger partial charge in [0.15, 0.2) is 11.5 Å². The highest BCUT2D eigenvalue weighted by Gasteiger charge is 2.13. The molecule has 4 nitrogen and oxygen atoms in total. The summed E-state index contributed by atoms with van der Waals surface area (Å²) in [6, 6.07) is 23.1. The van der Waals surface area contributed by atoms with Gasteiger partial charge in [-0.3, -0.25) is 0 Å². The van der Waals surface area contributed by atoms with Crippen molar-refractivity contribution in [3.8, 4) is 17.6 Å². The molecule has 0 amide bonds. The summed E-state index contributed by atoms with van der Waals surface area (Å²) in [6.45, 7) is 0. The van der Waals surface area contributed by atoms with E-state index >= 15 is 0 Å². The zero-order valence-corrected chi connectivity index (χ0v) is 15.8. The summed E-state index contributed by atoms with van der Waals surface area (Å²) < 4.78 is 10.8. The standard InChI is InChI=1S/C23H16ClNO3/c1-27-22-14-16(13-19(15-25)17-5-3-2-4-6-17)7-12-21(22)28-23(26)18-8-10-20(24)11-9-18/h2-14H,1H3. The van der Waals surface area contributed by atoms with Crippen LogP contribution in [0.5, 0.6) is 11.5 Å². The lowest BCUT2D eigenvalue weighted by atomic mass is 10.0. The van der Waals surface area contributed by atoms with Crippen LogP contribution < -0.4 is 9.47 Å². The molecule has 0 heterocycles. The Hall–Kier alpha value is -3.55. The van der Waals surface area contributed by atoms with Crippen molar-refractivity contribution < 1.29 is 14.3 Å². The SMILES string of the molecule is COc1cc(C=C(C#N)c2ccccc2)ccc1OC(=O)c1ccc(Cl)cc1. The number of benzene rings is 3. The Kier molecular flexibility index (Phi) is 6.11. The normalized spacial score (nSPS) is 10.8. The number of methoxy groups -OCH3 is 1. The van der Waals surface area contributed by atoms with Crippen molar-refractivity contribution in [2.45, 2.75) is 0 Å². The van der Waals surface area contributed by atoms with E-state index in [9.17, 15) is 10.1 Å². The molecule has 0 aromatic heterocycles. The maximum Gasteiger partial charge on any atom is 0.343 e. The maximum absolute atomic E-state index is 12.3. The summed E-state index contributed by atoms with van der Waals surface area (Å²) in [5, 5.41) is 10.00. The molecule has 138 valence electrons. The molecule has 0 atom stereocenters. The third kappa shape index (κ3) is 4.59. The van der Waals surface area contributed by atoms with E-state index in [1.165, 1.54) is 7.11 Å². The van der Waals surface area contributed by atoms with Gasteiger partial charge >= 0.3 is 5.97 Å². The van der Waals surface area contributed by atoms with Gasteiger partial charge in [0.1, 0.15) is 0 Å². The van der Waals surface area contributed by atoms with Gasteiger partial charge in [-0.05, 0) is 53.6 Å². The van der Waals surface area contributed by atoms with Gasteiger partial charge in [0.25, 0.3) is 0 Å². The van der Waals surface area contributed by atoms with E-state index in [-0.39, 0.29) is 5.75 Å². The van der Waals surface area contributed by atoms with Crippen LogP contribution in [0.4, 0.5) is 0 Å². The topological polar surface area (TPSA) is 59.3 Å². The molecule has 0 N–H and O–H groups in total. The Balaban J connectivity index is 1.86. The predicted molar refractivity (Wildman–Crippen MR) is 109 cm³/mol. The van der Waals surface area contributed by atoms with Crippen molar-refractivity contribution in [1.82, 2.24) is 0 Å². The minimum absolute atomic E-state index is 0.290. The molecular weight excluding hydrogens is 374 g/mol. The second kappa shape index (κ2) is 8.90. The predicted octanol–water partition coefficient (Wildman–Crippen LogP) is 5.63. The number of nitriles is 1. The summed E-state index contributed by atoms with van der Waals surface area (Å²) in [5.74, 6) is 0.166. The van der Waals surface area contributed by atoms with Crippen LogP contribution in [0.2, 0.25) is 5.02 Å². The van der Waals surface area contributed by atoms with Crippen molar-refractivity contribution in [1.29, 1.82) is 5.26 Å². The number of ether oxygens (including phenoxy) is 2. The number of carbonyl (C=O) groups excluding carboxylic acids is 1. The molecule has 0 aliphatic heterocycles. The molecule has 0 saturated carbocycles. The summed E-state index contributed by atoms with van der Waals surface area (Å²) in [6.07, 6.45) is 1.75. The average molecular weight is 390 g/mol. The fraction of sp³-hybridized carbons (Fsp3) is 0.0435. The van der Waals surface area contributed by atoms with Crippen LogP contribution in [-0.2, 0) is 0 Å². The molecule has 0 aliphatic rings. The van der Waals surface area contributed by atoms with Crippen LogP contribution in [0.15, 0.2) is 72.8 Å². The second-order valence-electron chi connectivity index (χ2n) is 5.84. The average Bonchev–Trinajstić information content (AvgIpc) is 2.74. The summed E-state index contributed by atoms with van der Waals surface area (Å²) in [4.78, 5) is 12.3. The molecule has 0 spiro atoms. The van der Waals surface area contributed by atoms with Crippen molar-refractivity contribution >= 4 is 29.2 Å². The van der Waals surface area contributed by atoms with Crippen LogP contribution in [0.25, 0.3) is 11.6 Å². The lowest BCUT2D eigenvalue weighted by Gasteiger charge is -2.10. The van der Waals surface area contributed by atoms with E-state index in [0.29, 0.717) is 21.9 Å². The van der Waals surface area contributed by atoms with Gasteiger partial charge in [-0.15, -0.1) is 0 Å². The molecule has 0 aliphatic carbocycles. The lowest BCUT2D eigenvalue weighted by molar-refractivity contribution is 0.0729. The molecule has 3 aromatic rings. The summed E-state index contributed by atoms with van der Waals surface area (Å²) >= 11 is 5.84. The van der Waals surface area contributed by atoms with Gasteiger partial charge in [0.05, 0.1) is 24.3 Å². The van der Waals surface area contributed by atoms with Crippen LogP contribution in [-0.4, -0.2) is 13.1 Å². The number of hydrogen-bond donors (Lipinski definition) is 0. The van der Waals surface area contributed by atoms with Crippen molar-refractivity contribution in [2.75, 3.05) is 7.11 Å². The minimum atomic E-state index is -0.514. The molecule has 0 fully saturated rings. The van der Waals surface area contributed by atoms with E-state index < -0.39 is 5.97 Å². The van der Waals surface area contributed by atoms with Gasteiger partial charge in [0, 0.05) is 5.02 Å². The van der Waals surface area contributed by atoms with E-state index in [0.717, 1.165) is 11.1 Å². The highest BCUT2D eigenvalue weighted by Crippen LogP contribution is 2.30. The van der Waals surface area contributed by atoms with E-state index in [1.807, 2.05) is 30.3 Å². The van der Waals surface area contributed by atoms with Crippen molar-refractivity contribution in [3.05, 3.63) is 94.5 Å². The van der Waals surface area contributed by atoms with Gasteiger partial charge < -0.3 is 9.47 Å². The van der Waals surface area contributed by atoms with Gasteiger partial charge in [-0.25, -0.2) is 4.79 Å². The number of allylic oxidation sites excluding steroid dienone is 1. The fourth-order valence-corrected chi connectivity index (χ4v) is 2.69. The molecule has 3 aromatic carbocycles. The first kappa shape index (κ1) is 19.2. The van der Waals surface area contributed by atoms with Crippen LogP contribution >= 0.6 is 11.6 Å². The van der Waals surface area contributed by atoms with Crippen LogP contribution in [0, 0.1) is 11.3 Å². The fourth-order valence-electron chi connectivity index (χ4n) is 2.57. The molecule has 3 rings (SSSR count). The van der Waals surface area contributed by atoms with Crippen molar-refractivity contribution in [3.63, 3.8) is 0 Å². The third-order valence-corrected chi connectivity index (χ3v) is 4.24. The number of esters is 1. The van der Waals surface area contributed by atoms with Gasteiger partial charge in [-0.2, -0.15) is 5.26 Å². The Morgan fingerprint density at radius 3 is 2.32 bits per heavy atom. The molecule has 5 heteroatoms. The maximum atomic E-state index is 12.3. The Labute approximate surface area is 168 Å². The zero-order valence-electron chi connectivity index (χ0n) is 15.1. The molecule has 0 unspecified atom stereocenters. The zero-order chi connectivity index (χ0) is 19.9. The minimum Gasteiger partial charge on any atom is -0.493 e. The van der Waals surface area contributed by atoms with E-state index in [1.54, 1.807) is 48.5 Å². The van der Waals surface area contributed by atoms with E-state index in [4.69, 9.17) is 21.1 Å². The van der Waals surface area contributed by atoms with Gasteiger partial charge in [0.2, 0.25) is 0 Å². The number of carbonyl (C=O) groups is 1. The second-order valence-corrected chi connectivity index (χ2v) is 6.28. The summed E-state index contributed by atoms with van der Waals surface area (Å²) in [7, 11) is 1.49. The third-order valence-electron chi connectivity index (χ3n) is 3.99. The highest BCUT2D eigenvalue weighted by atomic mass is 35.5. The highest BCUT2D eigenvalue weighted by molar-refractivity contribution is 6.30. The first-order chi connectivity index (χ1) is 13.6. The number of nitrogens with zero attached hydrogens (tertiary/aromatic N) is 1. The monoisotopic (exact) mass is 389 g/mol. The summed E-state index contributed by atoms with van der Waals surface area (Å²) in [5.41, 5.74) is 2.48. The number of rotatable bonds is 5. The smallest absolute Gasteiger partial charge is 0.343 e. The Bertz CT molecular complexity index is 1050. The Morgan fingerprint density at radius 1 is 0.964 bits per heavy atom. The first-order valence-corrected chi connectivity index (χ1v) is 8.81. The van der Waals surface area contributed by atoms with Crippen LogP contribution in [0.3, 0.4) is 0 Å². The molecule has 28 heavy (non-hydrogen) atoms. The molecule has 0 radical (unpaired) electrons. The first-order valence-electron chi connectivity index (χ1n) is 8.43. The Morgan fingerprint density at radius 2 is 1.68 bits per heavy atom.